The van der Waals surface area contributed by atoms with Crippen molar-refractivity contribution >= 4 is 15.9 Å². The fourth-order valence-electron chi connectivity index (χ4n) is 2.74. The maximum absolute atomic E-state index is 5.81. The van der Waals surface area contributed by atoms with Crippen molar-refractivity contribution in [2.24, 2.45) is 17.1 Å². The maximum atomic E-state index is 5.81. The lowest BCUT2D eigenvalue weighted by Crippen LogP contribution is -2.05. The molecule has 1 aromatic carbocycles. The SMILES string of the molecule is COc1cc(Br)ccc1C1C(CN)C1(C)C. The summed E-state index contributed by atoms with van der Waals surface area (Å²) < 4.78 is 6.49. The summed E-state index contributed by atoms with van der Waals surface area (Å²) in [4.78, 5) is 0. The molecule has 0 heterocycles. The molecule has 16 heavy (non-hydrogen) atoms. The standard InChI is InChI=1S/C13H18BrNO/c1-13(2)10(7-15)12(13)9-5-4-8(14)6-11(9)16-3/h4-6,10,12H,7,15H2,1-3H3. The van der Waals surface area contributed by atoms with E-state index in [1.54, 1.807) is 7.11 Å². The van der Waals surface area contributed by atoms with Gasteiger partial charge in [0.05, 0.1) is 7.11 Å². The van der Waals surface area contributed by atoms with E-state index < -0.39 is 0 Å². The van der Waals surface area contributed by atoms with Crippen LogP contribution >= 0.6 is 15.9 Å². The lowest BCUT2D eigenvalue weighted by molar-refractivity contribution is 0.407. The molecule has 1 aliphatic carbocycles. The highest BCUT2D eigenvalue weighted by atomic mass is 79.9. The molecule has 0 aromatic heterocycles. The number of nitrogens with two attached hydrogens (primary N) is 1. The third-order valence-corrected chi connectivity index (χ3v) is 4.33. The van der Waals surface area contributed by atoms with Gasteiger partial charge in [0.2, 0.25) is 0 Å². The van der Waals surface area contributed by atoms with Crippen molar-refractivity contribution in [3.63, 3.8) is 0 Å². The Labute approximate surface area is 105 Å². The lowest BCUT2D eigenvalue weighted by Gasteiger charge is -2.10. The molecule has 0 radical (unpaired) electrons. The van der Waals surface area contributed by atoms with E-state index in [4.69, 9.17) is 10.5 Å². The highest BCUT2D eigenvalue weighted by Crippen LogP contribution is 2.65. The molecule has 3 heteroatoms. The van der Waals surface area contributed by atoms with E-state index in [1.165, 1.54) is 5.56 Å². The molecule has 1 aromatic rings. The Morgan fingerprint density at radius 1 is 1.44 bits per heavy atom. The molecule has 2 nitrogen and oxygen atoms in total. The van der Waals surface area contributed by atoms with Crippen molar-refractivity contribution in [2.75, 3.05) is 13.7 Å². The average molecular weight is 284 g/mol. The third-order valence-electron chi connectivity index (χ3n) is 3.83. The summed E-state index contributed by atoms with van der Waals surface area (Å²) in [5, 5.41) is 0. The summed E-state index contributed by atoms with van der Waals surface area (Å²) in [5.41, 5.74) is 7.39. The van der Waals surface area contributed by atoms with Gasteiger partial charge in [-0.25, -0.2) is 0 Å². The van der Waals surface area contributed by atoms with E-state index in [2.05, 4.69) is 41.9 Å². The van der Waals surface area contributed by atoms with E-state index in [0.29, 0.717) is 17.3 Å². The van der Waals surface area contributed by atoms with Gasteiger partial charge < -0.3 is 10.5 Å². The fourth-order valence-corrected chi connectivity index (χ4v) is 3.08. The molecule has 1 fully saturated rings. The summed E-state index contributed by atoms with van der Waals surface area (Å²) in [7, 11) is 1.72. The van der Waals surface area contributed by atoms with Crippen LogP contribution in [0.1, 0.15) is 25.3 Å². The van der Waals surface area contributed by atoms with Crippen molar-refractivity contribution < 1.29 is 4.74 Å². The first kappa shape index (κ1) is 11.9. The Balaban J connectivity index is 2.35. The molecule has 0 saturated heterocycles. The summed E-state index contributed by atoms with van der Waals surface area (Å²) in [5.74, 6) is 2.06. The Kier molecular flexibility index (Phi) is 3.01. The molecule has 0 aliphatic heterocycles. The van der Waals surface area contributed by atoms with Crippen LogP contribution in [0, 0.1) is 11.3 Å². The van der Waals surface area contributed by atoms with Crippen LogP contribution in [0.5, 0.6) is 5.75 Å². The first-order valence-corrected chi connectivity index (χ1v) is 6.35. The highest BCUT2D eigenvalue weighted by molar-refractivity contribution is 9.10. The van der Waals surface area contributed by atoms with Crippen molar-refractivity contribution in [1.29, 1.82) is 0 Å². The van der Waals surface area contributed by atoms with Gasteiger partial charge >= 0.3 is 0 Å². The highest BCUT2D eigenvalue weighted by Gasteiger charge is 2.58. The van der Waals surface area contributed by atoms with Crippen LogP contribution in [-0.2, 0) is 0 Å². The van der Waals surface area contributed by atoms with Crippen LogP contribution in [0.4, 0.5) is 0 Å². The second-order valence-corrected chi connectivity index (χ2v) is 5.94. The largest absolute Gasteiger partial charge is 0.496 e. The number of hydrogen-bond donors (Lipinski definition) is 1. The second kappa shape index (κ2) is 4.04. The van der Waals surface area contributed by atoms with Gasteiger partial charge in [0, 0.05) is 4.47 Å². The predicted octanol–water partition coefficient (Wildman–Crippen LogP) is 3.16. The molecule has 2 atom stereocenters. The molecular weight excluding hydrogens is 266 g/mol. The summed E-state index contributed by atoms with van der Waals surface area (Å²) in [6.07, 6.45) is 0. The predicted molar refractivity (Wildman–Crippen MR) is 69.8 cm³/mol. The molecule has 2 unspecified atom stereocenters. The van der Waals surface area contributed by atoms with Gasteiger partial charge in [-0.15, -0.1) is 0 Å². The Morgan fingerprint density at radius 3 is 2.62 bits per heavy atom. The number of ether oxygens (including phenoxy) is 1. The van der Waals surface area contributed by atoms with E-state index in [1.807, 2.05) is 6.07 Å². The minimum Gasteiger partial charge on any atom is -0.496 e. The zero-order chi connectivity index (χ0) is 11.9. The number of halogens is 1. The summed E-state index contributed by atoms with van der Waals surface area (Å²) in [6.45, 7) is 5.30. The summed E-state index contributed by atoms with van der Waals surface area (Å²) >= 11 is 3.46. The van der Waals surface area contributed by atoms with Crippen LogP contribution < -0.4 is 10.5 Å². The molecule has 88 valence electrons. The lowest BCUT2D eigenvalue weighted by atomic mass is 10.0. The number of benzene rings is 1. The van der Waals surface area contributed by atoms with Crippen molar-refractivity contribution in [3.05, 3.63) is 28.2 Å². The zero-order valence-corrected chi connectivity index (χ0v) is 11.5. The smallest absolute Gasteiger partial charge is 0.123 e. The van der Waals surface area contributed by atoms with Crippen LogP contribution in [-0.4, -0.2) is 13.7 Å². The third kappa shape index (κ3) is 1.76. The minimum absolute atomic E-state index is 0.301. The molecule has 2 rings (SSSR count). The minimum atomic E-state index is 0.301. The monoisotopic (exact) mass is 283 g/mol. The molecule has 0 spiro atoms. The Bertz CT molecular complexity index is 403. The van der Waals surface area contributed by atoms with E-state index in [0.717, 1.165) is 16.8 Å². The van der Waals surface area contributed by atoms with E-state index in [-0.39, 0.29) is 0 Å². The van der Waals surface area contributed by atoms with Crippen molar-refractivity contribution in [2.45, 2.75) is 19.8 Å². The van der Waals surface area contributed by atoms with Gasteiger partial charge in [-0.1, -0.05) is 35.8 Å². The first-order chi connectivity index (χ1) is 7.52. The van der Waals surface area contributed by atoms with Gasteiger partial charge in [-0.2, -0.15) is 0 Å². The van der Waals surface area contributed by atoms with E-state index >= 15 is 0 Å². The van der Waals surface area contributed by atoms with Crippen LogP contribution in [0.15, 0.2) is 22.7 Å². The number of methoxy groups -OCH3 is 1. The average Bonchev–Trinajstić information content (AvgIpc) is 2.80. The normalized spacial score (nSPS) is 26.6. The Hall–Kier alpha value is -0.540. The zero-order valence-electron chi connectivity index (χ0n) is 9.96. The van der Waals surface area contributed by atoms with Crippen LogP contribution in [0.25, 0.3) is 0 Å². The first-order valence-electron chi connectivity index (χ1n) is 5.56. The summed E-state index contributed by atoms with van der Waals surface area (Å²) in [6, 6.07) is 6.24. The Morgan fingerprint density at radius 2 is 2.12 bits per heavy atom. The number of rotatable bonds is 3. The maximum Gasteiger partial charge on any atom is 0.123 e. The van der Waals surface area contributed by atoms with Crippen molar-refractivity contribution in [1.82, 2.24) is 0 Å². The molecule has 0 amide bonds. The van der Waals surface area contributed by atoms with Gasteiger partial charge in [0.15, 0.2) is 0 Å². The van der Waals surface area contributed by atoms with Gasteiger partial charge in [0.25, 0.3) is 0 Å². The van der Waals surface area contributed by atoms with Gasteiger partial charge in [-0.3, -0.25) is 0 Å². The molecule has 2 N–H and O–H groups in total. The van der Waals surface area contributed by atoms with Gasteiger partial charge in [-0.05, 0) is 41.5 Å². The fraction of sp³-hybridized carbons (Fsp3) is 0.538. The molecular formula is C13H18BrNO. The molecule has 1 saturated carbocycles. The van der Waals surface area contributed by atoms with E-state index in [9.17, 15) is 0 Å². The van der Waals surface area contributed by atoms with Crippen LogP contribution in [0.3, 0.4) is 0 Å². The quantitative estimate of drug-likeness (QED) is 0.925. The van der Waals surface area contributed by atoms with Crippen molar-refractivity contribution in [3.8, 4) is 5.75 Å². The van der Waals surface area contributed by atoms with Gasteiger partial charge in [0.1, 0.15) is 5.75 Å². The topological polar surface area (TPSA) is 35.2 Å². The number of hydrogen-bond acceptors (Lipinski definition) is 2. The second-order valence-electron chi connectivity index (χ2n) is 5.03. The molecule has 0 bridgehead atoms. The van der Waals surface area contributed by atoms with Crippen LogP contribution in [0.2, 0.25) is 0 Å². The molecule has 1 aliphatic rings.